The summed E-state index contributed by atoms with van der Waals surface area (Å²) in [5.41, 5.74) is -0.403. The summed E-state index contributed by atoms with van der Waals surface area (Å²) in [7, 11) is 0. The first-order valence-corrected chi connectivity index (χ1v) is 15.0. The number of phenols is 2. The summed E-state index contributed by atoms with van der Waals surface area (Å²) in [6.07, 6.45) is 2.88. The van der Waals surface area contributed by atoms with E-state index in [0.29, 0.717) is 21.9 Å². The third-order valence-electron chi connectivity index (χ3n) is 8.10. The molecule has 7 rings (SSSR count). The lowest BCUT2D eigenvalue weighted by atomic mass is 9.77. The van der Waals surface area contributed by atoms with Crippen LogP contribution in [0.25, 0.3) is 0 Å². The number of carboxylic acid groups (broad SMARTS) is 2. The number of urea groups is 1. The predicted octanol–water partition coefficient (Wildman–Crippen LogP) is 4.16. The van der Waals surface area contributed by atoms with Gasteiger partial charge in [0.05, 0.1) is 23.2 Å². The van der Waals surface area contributed by atoms with E-state index in [1.54, 1.807) is 24.3 Å². The van der Waals surface area contributed by atoms with Gasteiger partial charge in [-0.1, -0.05) is 18.6 Å². The molecule has 0 radical (unpaired) electrons. The molecule has 44 heavy (non-hydrogen) atoms. The Morgan fingerprint density at radius 3 is 2.23 bits per heavy atom. The minimum Gasteiger partial charge on any atom is -0.508 e. The average molecular weight is 621 g/mol. The number of rotatable bonds is 6. The summed E-state index contributed by atoms with van der Waals surface area (Å²) in [6.45, 7) is 0. The van der Waals surface area contributed by atoms with Gasteiger partial charge in [0.25, 0.3) is 0 Å². The van der Waals surface area contributed by atoms with Gasteiger partial charge >= 0.3 is 23.9 Å². The van der Waals surface area contributed by atoms with Crippen molar-refractivity contribution in [2.45, 2.75) is 48.6 Å². The highest BCUT2D eigenvalue weighted by atomic mass is 32.2. The van der Waals surface area contributed by atoms with Crippen molar-refractivity contribution in [3.63, 3.8) is 0 Å². The van der Waals surface area contributed by atoms with E-state index >= 15 is 0 Å². The number of esters is 1. The van der Waals surface area contributed by atoms with Crippen LogP contribution < -0.4 is 15.4 Å². The third kappa shape index (κ3) is 5.02. The number of hydrogen-bond donors (Lipinski definition) is 6. The smallest absolute Gasteiger partial charge is 0.341 e. The minimum absolute atomic E-state index is 0.0325. The molecule has 0 saturated carbocycles. The highest BCUT2D eigenvalue weighted by molar-refractivity contribution is 8.00. The molecule has 13 heteroatoms. The zero-order valence-corrected chi connectivity index (χ0v) is 23.9. The standard InChI is InChI=1S/C21H12O7.C10H16N2O3S/c22-10-4-6-13-16(8-10)27-17-9-11(23)5-7-14(17)21(13)15-3-1-2-12(19(24)25)18(15)20(26)28-21;13-8(14)4-2-1-3-7-9-6(5-16-7)11-10(15)12-9/h1-9,22-23H,(H,24,25);6-7,9H,1-5H2,(H,13,14)(H2,11,12,15)/t;6-,7-,9-/m.0/s1. The Bertz CT molecular complexity index is 1640. The highest BCUT2D eigenvalue weighted by Gasteiger charge is 2.54. The van der Waals surface area contributed by atoms with Crippen molar-refractivity contribution in [1.29, 1.82) is 0 Å². The molecule has 2 saturated heterocycles. The Hall–Kier alpha value is -4.91. The maximum atomic E-state index is 12.8. The number of nitrogens with one attached hydrogen (secondary N) is 2. The largest absolute Gasteiger partial charge is 0.508 e. The maximum absolute atomic E-state index is 12.8. The molecule has 6 N–H and O–H groups in total. The van der Waals surface area contributed by atoms with E-state index in [1.807, 2.05) is 11.8 Å². The van der Waals surface area contributed by atoms with E-state index in [2.05, 4.69) is 10.6 Å². The normalized spacial score (nSPS) is 21.3. The van der Waals surface area contributed by atoms with Gasteiger partial charge in [0, 0.05) is 46.2 Å². The van der Waals surface area contributed by atoms with Gasteiger partial charge in [-0.15, -0.1) is 0 Å². The van der Waals surface area contributed by atoms with Gasteiger partial charge in [-0.3, -0.25) is 4.79 Å². The van der Waals surface area contributed by atoms with Gasteiger partial charge < -0.3 is 40.5 Å². The van der Waals surface area contributed by atoms with E-state index in [4.69, 9.17) is 14.6 Å². The molecule has 12 nitrogen and oxygen atoms in total. The lowest BCUT2D eigenvalue weighted by molar-refractivity contribution is -0.137. The Morgan fingerprint density at radius 1 is 0.909 bits per heavy atom. The van der Waals surface area contributed by atoms with Crippen LogP contribution in [0.15, 0.2) is 54.6 Å². The number of carbonyl (C=O) groups excluding carboxylic acids is 2. The number of carbonyl (C=O) groups is 4. The summed E-state index contributed by atoms with van der Waals surface area (Å²) >= 11 is 1.87. The van der Waals surface area contributed by atoms with Crippen LogP contribution in [0.2, 0.25) is 0 Å². The van der Waals surface area contributed by atoms with Gasteiger partial charge in [-0.05, 0) is 43.2 Å². The molecule has 228 valence electrons. The van der Waals surface area contributed by atoms with Crippen LogP contribution in [0.4, 0.5) is 4.79 Å². The van der Waals surface area contributed by atoms with Crippen LogP contribution in [0, 0.1) is 0 Å². The Balaban J connectivity index is 0.000000182. The molecule has 3 atom stereocenters. The maximum Gasteiger partial charge on any atom is 0.341 e. The summed E-state index contributed by atoms with van der Waals surface area (Å²) in [4.78, 5) is 45.9. The number of thioether (sulfide) groups is 1. The molecule has 3 aromatic carbocycles. The second kappa shape index (κ2) is 11.3. The number of aromatic hydroxyl groups is 2. The molecule has 0 aromatic heterocycles. The number of hydrogen-bond acceptors (Lipinski definition) is 9. The monoisotopic (exact) mass is 620 g/mol. The van der Waals surface area contributed by atoms with Crippen LogP contribution in [0.3, 0.4) is 0 Å². The molecule has 3 aromatic rings. The van der Waals surface area contributed by atoms with Gasteiger partial charge in [-0.25, -0.2) is 14.4 Å². The quantitative estimate of drug-likeness (QED) is 0.132. The zero-order valence-electron chi connectivity index (χ0n) is 23.1. The number of aromatic carboxylic acids is 1. The van der Waals surface area contributed by atoms with Crippen molar-refractivity contribution in [2.24, 2.45) is 0 Å². The lowest BCUT2D eigenvalue weighted by Crippen LogP contribution is -2.36. The first-order chi connectivity index (χ1) is 21.1. The Kier molecular flexibility index (Phi) is 7.49. The number of phenolic OH excluding ortho intramolecular Hbond substituents is 2. The van der Waals surface area contributed by atoms with Gasteiger partial charge in [-0.2, -0.15) is 11.8 Å². The number of benzene rings is 3. The lowest BCUT2D eigenvalue weighted by Gasteiger charge is -2.36. The summed E-state index contributed by atoms with van der Waals surface area (Å²) in [6, 6.07) is 13.7. The molecule has 1 spiro atoms. The Morgan fingerprint density at radius 2 is 1.59 bits per heavy atom. The molecule has 0 unspecified atom stereocenters. The first kappa shape index (κ1) is 29.2. The molecular formula is C31H28N2O10S. The SMILES string of the molecule is O=C(O)CCCC[C@@H]1SC[C@@H]2NC(=O)N[C@@H]21.O=C(O)c1cccc2c1C(=O)OC21c2ccc(O)cc2Oc2cc(O)ccc21. The number of aliphatic carboxylic acids is 1. The first-order valence-electron chi connectivity index (χ1n) is 13.9. The van der Waals surface area contributed by atoms with Crippen LogP contribution in [-0.2, 0) is 15.1 Å². The summed E-state index contributed by atoms with van der Waals surface area (Å²) in [5, 5.41) is 44.0. The van der Waals surface area contributed by atoms with E-state index in [1.165, 1.54) is 30.3 Å². The zero-order chi connectivity index (χ0) is 31.2. The van der Waals surface area contributed by atoms with Crippen molar-refractivity contribution in [3.8, 4) is 23.0 Å². The van der Waals surface area contributed by atoms with Crippen molar-refractivity contribution in [3.05, 3.63) is 82.4 Å². The van der Waals surface area contributed by atoms with Crippen LogP contribution >= 0.6 is 11.8 Å². The van der Waals surface area contributed by atoms with Gasteiger partial charge in [0.15, 0.2) is 5.60 Å². The van der Waals surface area contributed by atoms with Crippen molar-refractivity contribution < 1.29 is 49.1 Å². The van der Waals surface area contributed by atoms with Crippen LogP contribution in [0.1, 0.15) is 63.1 Å². The van der Waals surface area contributed by atoms with E-state index in [9.17, 15) is 34.5 Å². The molecule has 4 aliphatic heterocycles. The van der Waals surface area contributed by atoms with E-state index in [0.717, 1.165) is 25.0 Å². The molecule has 2 fully saturated rings. The summed E-state index contributed by atoms with van der Waals surface area (Å²) in [5.74, 6) is -1.41. The average Bonchev–Trinajstić information content (AvgIpc) is 3.62. The molecule has 0 bridgehead atoms. The number of fused-ring (bicyclic) bond motifs is 7. The molecule has 4 heterocycles. The predicted molar refractivity (Wildman–Crippen MR) is 157 cm³/mol. The fraction of sp³-hybridized carbons (Fsp3) is 0.290. The number of ether oxygens (including phenoxy) is 2. The topological polar surface area (TPSA) is 192 Å². The molecule has 2 amide bonds. The number of amides is 2. The van der Waals surface area contributed by atoms with Gasteiger partial charge in [0.1, 0.15) is 23.0 Å². The summed E-state index contributed by atoms with van der Waals surface area (Å²) < 4.78 is 11.7. The van der Waals surface area contributed by atoms with Crippen molar-refractivity contribution in [1.82, 2.24) is 10.6 Å². The number of unbranched alkanes of at least 4 members (excludes halogenated alkanes) is 1. The van der Waals surface area contributed by atoms with Gasteiger partial charge in [0.2, 0.25) is 0 Å². The van der Waals surface area contributed by atoms with Crippen LogP contribution in [-0.4, -0.2) is 67.5 Å². The van der Waals surface area contributed by atoms with Crippen molar-refractivity contribution >= 4 is 35.7 Å². The minimum atomic E-state index is -1.46. The number of carboxylic acids is 2. The molecular weight excluding hydrogens is 592 g/mol. The van der Waals surface area contributed by atoms with E-state index < -0.39 is 23.5 Å². The molecule has 4 aliphatic rings. The van der Waals surface area contributed by atoms with E-state index in [-0.39, 0.29) is 58.7 Å². The van der Waals surface area contributed by atoms with Crippen LogP contribution in [0.5, 0.6) is 23.0 Å². The molecule has 0 aliphatic carbocycles. The highest BCUT2D eigenvalue weighted by Crippen LogP contribution is 2.57. The van der Waals surface area contributed by atoms with Crippen molar-refractivity contribution in [2.75, 3.05) is 5.75 Å². The second-order valence-corrected chi connectivity index (χ2v) is 12.1. The second-order valence-electron chi connectivity index (χ2n) is 10.8. The fourth-order valence-corrected chi connectivity index (χ4v) is 7.73. The third-order valence-corrected chi connectivity index (χ3v) is 9.61. The fourth-order valence-electron chi connectivity index (χ4n) is 6.19. The Labute approximate surface area is 255 Å².